The Morgan fingerprint density at radius 3 is 2.37 bits per heavy atom. The number of hydrogen-bond donors (Lipinski definition) is 1. The van der Waals surface area contributed by atoms with Crippen molar-refractivity contribution < 1.29 is 9.52 Å². The minimum absolute atomic E-state index is 0.323. The van der Waals surface area contributed by atoms with Crippen molar-refractivity contribution in [3.8, 4) is 5.75 Å². The van der Waals surface area contributed by atoms with Gasteiger partial charge in [-0.3, -0.25) is 4.90 Å². The molecule has 4 rings (SSSR count). The fraction of sp³-hybridized carbons (Fsp3) is 0.333. The van der Waals surface area contributed by atoms with Gasteiger partial charge in [0.25, 0.3) is 0 Å². The maximum atomic E-state index is 10.1. The van der Waals surface area contributed by atoms with Crippen LogP contribution >= 0.6 is 0 Å². The van der Waals surface area contributed by atoms with E-state index in [4.69, 9.17) is 4.42 Å². The predicted octanol–water partition coefficient (Wildman–Crippen LogP) is 6.21. The Bertz CT molecular complexity index is 1010. The van der Waals surface area contributed by atoms with E-state index in [0.717, 1.165) is 50.9 Å². The van der Waals surface area contributed by atoms with Crippen LogP contribution in [0.2, 0.25) is 0 Å². The highest BCUT2D eigenvalue weighted by molar-refractivity contribution is 5.83. The molecular formula is C27H31NO2. The van der Waals surface area contributed by atoms with E-state index in [2.05, 4.69) is 43.0 Å². The lowest BCUT2D eigenvalue weighted by Gasteiger charge is -2.30. The van der Waals surface area contributed by atoms with Crippen LogP contribution in [0.5, 0.6) is 5.75 Å². The van der Waals surface area contributed by atoms with Gasteiger partial charge in [-0.1, -0.05) is 49.8 Å². The predicted molar refractivity (Wildman–Crippen MR) is 123 cm³/mol. The maximum absolute atomic E-state index is 10.1. The first kappa shape index (κ1) is 20.5. The van der Waals surface area contributed by atoms with Gasteiger partial charge in [0.2, 0.25) is 0 Å². The van der Waals surface area contributed by atoms with Crippen LogP contribution < -0.4 is 0 Å². The van der Waals surface area contributed by atoms with Crippen LogP contribution in [0.1, 0.15) is 54.5 Å². The number of benzene rings is 2. The van der Waals surface area contributed by atoms with E-state index in [0.29, 0.717) is 5.75 Å². The number of furan rings is 1. The molecule has 1 N–H and O–H groups in total. The lowest BCUT2D eigenvalue weighted by Crippen LogP contribution is -2.30. The number of aromatic hydroxyl groups is 1. The molecule has 2 heterocycles. The van der Waals surface area contributed by atoms with Gasteiger partial charge < -0.3 is 9.52 Å². The summed E-state index contributed by atoms with van der Waals surface area (Å²) in [5.74, 6) is 0.323. The van der Waals surface area contributed by atoms with Gasteiger partial charge in [-0.15, -0.1) is 0 Å². The molecule has 156 valence electrons. The molecule has 0 spiro atoms. The number of likely N-dealkylation sites (tertiary alicyclic amines) is 1. The lowest BCUT2D eigenvalue weighted by atomic mass is 9.86. The van der Waals surface area contributed by atoms with E-state index >= 15 is 0 Å². The summed E-state index contributed by atoms with van der Waals surface area (Å²) in [5, 5.41) is 10.1. The standard InChI is InChI=1S/C27H31NO2/c1-3-21-8-9-25(16-22(21)4-2)27(24-6-5-7-26(29)17-24)23-10-13-28(14-11-23)18-20-12-15-30-19-20/h5-9,12,15-17,19,29H,3-4,10-11,13-14,18H2,1-2H3. The van der Waals surface area contributed by atoms with Crippen LogP contribution in [0, 0.1) is 0 Å². The number of piperidine rings is 1. The fourth-order valence-corrected chi connectivity index (χ4v) is 4.56. The number of aryl methyl sites for hydroxylation is 2. The van der Waals surface area contributed by atoms with Gasteiger partial charge in [-0.2, -0.15) is 0 Å². The highest BCUT2D eigenvalue weighted by atomic mass is 16.3. The van der Waals surface area contributed by atoms with Crippen molar-refractivity contribution in [2.45, 2.75) is 46.1 Å². The summed E-state index contributed by atoms with van der Waals surface area (Å²) in [6.45, 7) is 7.47. The smallest absolute Gasteiger partial charge is 0.116 e. The van der Waals surface area contributed by atoms with Crippen LogP contribution in [-0.2, 0) is 19.4 Å². The van der Waals surface area contributed by atoms with Gasteiger partial charge in [-0.05, 0) is 71.7 Å². The first-order valence-corrected chi connectivity index (χ1v) is 11.0. The van der Waals surface area contributed by atoms with Gasteiger partial charge in [-0.25, -0.2) is 0 Å². The highest BCUT2D eigenvalue weighted by Gasteiger charge is 2.20. The van der Waals surface area contributed by atoms with Crippen LogP contribution in [0.4, 0.5) is 0 Å². The molecule has 0 atom stereocenters. The molecule has 3 heteroatoms. The van der Waals surface area contributed by atoms with Crippen LogP contribution in [0.25, 0.3) is 5.57 Å². The van der Waals surface area contributed by atoms with E-state index < -0.39 is 0 Å². The number of hydrogen-bond acceptors (Lipinski definition) is 3. The third kappa shape index (κ3) is 4.52. The van der Waals surface area contributed by atoms with E-state index in [1.165, 1.54) is 33.4 Å². The van der Waals surface area contributed by atoms with Crippen molar-refractivity contribution in [3.63, 3.8) is 0 Å². The highest BCUT2D eigenvalue weighted by Crippen LogP contribution is 2.35. The average molecular weight is 402 g/mol. The van der Waals surface area contributed by atoms with Crippen molar-refractivity contribution in [1.29, 1.82) is 0 Å². The second-order valence-electron chi connectivity index (χ2n) is 8.13. The number of rotatable bonds is 6. The first-order chi connectivity index (χ1) is 14.7. The van der Waals surface area contributed by atoms with Crippen molar-refractivity contribution in [3.05, 3.63) is 94.4 Å². The van der Waals surface area contributed by atoms with Crippen molar-refractivity contribution in [2.24, 2.45) is 0 Å². The van der Waals surface area contributed by atoms with Gasteiger partial charge >= 0.3 is 0 Å². The first-order valence-electron chi connectivity index (χ1n) is 11.0. The molecule has 0 bridgehead atoms. The summed E-state index contributed by atoms with van der Waals surface area (Å²) < 4.78 is 5.22. The van der Waals surface area contributed by atoms with Crippen LogP contribution in [0.3, 0.4) is 0 Å². The van der Waals surface area contributed by atoms with Gasteiger partial charge in [0.05, 0.1) is 12.5 Å². The molecule has 0 amide bonds. The molecule has 1 saturated heterocycles. The van der Waals surface area contributed by atoms with Crippen molar-refractivity contribution in [2.75, 3.05) is 13.1 Å². The zero-order valence-corrected chi connectivity index (χ0v) is 18.0. The van der Waals surface area contributed by atoms with Crippen LogP contribution in [-0.4, -0.2) is 23.1 Å². The number of nitrogens with zero attached hydrogens (tertiary/aromatic N) is 1. The fourth-order valence-electron chi connectivity index (χ4n) is 4.56. The number of phenols is 1. The lowest BCUT2D eigenvalue weighted by molar-refractivity contribution is 0.248. The van der Waals surface area contributed by atoms with E-state index in [1.54, 1.807) is 12.3 Å². The average Bonchev–Trinajstić information content (AvgIpc) is 3.28. The Labute approximate surface area is 179 Å². The Morgan fingerprint density at radius 1 is 0.933 bits per heavy atom. The summed E-state index contributed by atoms with van der Waals surface area (Å²) in [4.78, 5) is 2.49. The minimum Gasteiger partial charge on any atom is -0.508 e. The van der Waals surface area contributed by atoms with Crippen LogP contribution in [0.15, 0.2) is 71.0 Å². The SMILES string of the molecule is CCc1ccc(C(=C2CCN(Cc3ccoc3)CC2)c2cccc(O)c2)cc1CC. The summed E-state index contributed by atoms with van der Waals surface area (Å²) in [5.41, 5.74) is 9.24. The molecule has 1 aliphatic rings. The summed E-state index contributed by atoms with van der Waals surface area (Å²) in [6.07, 6.45) is 7.77. The molecule has 0 radical (unpaired) electrons. The van der Waals surface area contributed by atoms with Gasteiger partial charge in [0.1, 0.15) is 5.75 Å². The summed E-state index contributed by atoms with van der Waals surface area (Å²) in [7, 11) is 0. The molecule has 0 aliphatic carbocycles. The van der Waals surface area contributed by atoms with E-state index in [9.17, 15) is 5.11 Å². The van der Waals surface area contributed by atoms with Crippen molar-refractivity contribution in [1.82, 2.24) is 4.90 Å². The Balaban J connectivity index is 1.68. The van der Waals surface area contributed by atoms with Crippen molar-refractivity contribution >= 4 is 5.57 Å². The molecule has 2 aromatic carbocycles. The minimum atomic E-state index is 0.323. The zero-order valence-electron chi connectivity index (χ0n) is 18.0. The monoisotopic (exact) mass is 401 g/mol. The van der Waals surface area contributed by atoms with Gasteiger partial charge in [0.15, 0.2) is 0 Å². The Morgan fingerprint density at radius 2 is 1.70 bits per heavy atom. The Hall–Kier alpha value is -2.78. The maximum Gasteiger partial charge on any atom is 0.116 e. The Kier molecular flexibility index (Phi) is 6.39. The number of phenolic OH excluding ortho intramolecular Hbond substituents is 1. The molecular weight excluding hydrogens is 370 g/mol. The van der Waals surface area contributed by atoms with E-state index in [1.807, 2.05) is 24.5 Å². The van der Waals surface area contributed by atoms with E-state index in [-0.39, 0.29) is 0 Å². The topological polar surface area (TPSA) is 36.6 Å². The molecule has 3 aromatic rings. The quantitative estimate of drug-likeness (QED) is 0.534. The molecule has 3 nitrogen and oxygen atoms in total. The molecule has 1 fully saturated rings. The van der Waals surface area contributed by atoms with Gasteiger partial charge in [0, 0.05) is 25.2 Å². The molecule has 0 unspecified atom stereocenters. The molecule has 30 heavy (non-hydrogen) atoms. The normalized spacial score (nSPS) is 14.8. The second kappa shape index (κ2) is 9.36. The third-order valence-electron chi connectivity index (χ3n) is 6.19. The third-order valence-corrected chi connectivity index (χ3v) is 6.19. The molecule has 1 aromatic heterocycles. The second-order valence-corrected chi connectivity index (χ2v) is 8.13. The largest absolute Gasteiger partial charge is 0.508 e. The molecule has 1 aliphatic heterocycles. The summed E-state index contributed by atoms with van der Waals surface area (Å²) >= 11 is 0. The zero-order chi connectivity index (χ0) is 20.9. The molecule has 0 saturated carbocycles. The summed E-state index contributed by atoms with van der Waals surface area (Å²) in [6, 6.07) is 16.7.